The van der Waals surface area contributed by atoms with E-state index in [1.54, 1.807) is 0 Å². The Morgan fingerprint density at radius 1 is 1.40 bits per heavy atom. The molecule has 2 N–H and O–H groups in total. The van der Waals surface area contributed by atoms with Gasteiger partial charge in [0.25, 0.3) is 0 Å². The van der Waals surface area contributed by atoms with Gasteiger partial charge in [-0.05, 0) is 26.3 Å². The minimum Gasteiger partial charge on any atom is -0.355 e. The number of amides is 1. The third kappa shape index (κ3) is 8.02. The van der Waals surface area contributed by atoms with Gasteiger partial charge in [-0.2, -0.15) is 0 Å². The van der Waals surface area contributed by atoms with Crippen molar-refractivity contribution in [1.29, 1.82) is 0 Å². The number of nitrogens with one attached hydrogen (secondary N) is 2. The first-order valence-corrected chi connectivity index (χ1v) is 5.67. The van der Waals surface area contributed by atoms with E-state index >= 15 is 0 Å². The van der Waals surface area contributed by atoms with Crippen molar-refractivity contribution in [2.24, 2.45) is 0 Å². The first-order valence-electron chi connectivity index (χ1n) is 5.67. The standard InChI is InChI=1S/C12H22N2O/c1-4-6-8-10-13-11(3)12(15)14-9-7-5-2/h1,11,13H,5-10H2,2-3H3,(H,14,15). The minimum absolute atomic E-state index is 0.0733. The predicted octanol–water partition coefficient (Wildman–Crippen LogP) is 1.29. The highest BCUT2D eigenvalue weighted by Crippen LogP contribution is 1.88. The molecule has 0 bridgehead atoms. The van der Waals surface area contributed by atoms with Crippen LogP contribution < -0.4 is 10.6 Å². The minimum atomic E-state index is -0.125. The van der Waals surface area contributed by atoms with Gasteiger partial charge in [0.2, 0.25) is 5.91 Å². The van der Waals surface area contributed by atoms with Crippen LogP contribution in [0.4, 0.5) is 0 Å². The zero-order valence-electron chi connectivity index (χ0n) is 9.81. The van der Waals surface area contributed by atoms with Gasteiger partial charge in [0.1, 0.15) is 0 Å². The maximum absolute atomic E-state index is 11.5. The lowest BCUT2D eigenvalue weighted by Gasteiger charge is -2.13. The molecule has 0 radical (unpaired) electrons. The van der Waals surface area contributed by atoms with Crippen molar-refractivity contribution in [2.75, 3.05) is 13.1 Å². The summed E-state index contributed by atoms with van der Waals surface area (Å²) >= 11 is 0. The fraction of sp³-hybridized carbons (Fsp3) is 0.750. The Kier molecular flexibility index (Phi) is 8.90. The third-order valence-corrected chi connectivity index (χ3v) is 2.17. The van der Waals surface area contributed by atoms with E-state index in [1.165, 1.54) is 0 Å². The molecular formula is C12H22N2O. The highest BCUT2D eigenvalue weighted by Gasteiger charge is 2.09. The molecule has 0 saturated carbocycles. The van der Waals surface area contributed by atoms with Crippen LogP contribution in [0.25, 0.3) is 0 Å². The van der Waals surface area contributed by atoms with E-state index in [-0.39, 0.29) is 11.9 Å². The highest BCUT2D eigenvalue weighted by molar-refractivity contribution is 5.81. The second kappa shape index (κ2) is 9.54. The number of hydrogen-bond acceptors (Lipinski definition) is 2. The average molecular weight is 210 g/mol. The fourth-order valence-corrected chi connectivity index (χ4v) is 1.14. The molecule has 1 atom stereocenters. The van der Waals surface area contributed by atoms with Crippen LogP contribution in [0.5, 0.6) is 0 Å². The topological polar surface area (TPSA) is 41.1 Å². The SMILES string of the molecule is C#CCCCNC(C)C(=O)NCCCC. The lowest BCUT2D eigenvalue weighted by molar-refractivity contribution is -0.122. The zero-order valence-corrected chi connectivity index (χ0v) is 9.81. The molecule has 3 heteroatoms. The summed E-state index contributed by atoms with van der Waals surface area (Å²) in [6, 6.07) is -0.125. The van der Waals surface area contributed by atoms with Crippen LogP contribution in [0.15, 0.2) is 0 Å². The number of carbonyl (C=O) groups excluding carboxylic acids is 1. The number of hydrogen-bond donors (Lipinski definition) is 2. The van der Waals surface area contributed by atoms with Crippen LogP contribution in [0.1, 0.15) is 39.5 Å². The maximum atomic E-state index is 11.5. The molecule has 0 heterocycles. The van der Waals surface area contributed by atoms with Crippen molar-refractivity contribution in [3.63, 3.8) is 0 Å². The van der Waals surface area contributed by atoms with E-state index in [0.29, 0.717) is 0 Å². The molecule has 1 amide bonds. The van der Waals surface area contributed by atoms with Crippen LogP contribution >= 0.6 is 0 Å². The molecule has 3 nitrogen and oxygen atoms in total. The lowest BCUT2D eigenvalue weighted by Crippen LogP contribution is -2.42. The smallest absolute Gasteiger partial charge is 0.236 e. The molecule has 0 aromatic rings. The Bertz CT molecular complexity index is 208. The quantitative estimate of drug-likeness (QED) is 0.468. The molecular weight excluding hydrogens is 188 g/mol. The van der Waals surface area contributed by atoms with Crippen LogP contribution in [0, 0.1) is 12.3 Å². The summed E-state index contributed by atoms with van der Waals surface area (Å²) in [6.45, 7) is 5.54. The normalized spacial score (nSPS) is 11.8. The van der Waals surface area contributed by atoms with E-state index in [4.69, 9.17) is 6.42 Å². The molecule has 0 aliphatic heterocycles. The molecule has 15 heavy (non-hydrogen) atoms. The molecule has 0 fully saturated rings. The average Bonchev–Trinajstić information content (AvgIpc) is 2.24. The van der Waals surface area contributed by atoms with Crippen molar-refractivity contribution in [2.45, 2.75) is 45.6 Å². The summed E-state index contributed by atoms with van der Waals surface area (Å²) in [5.41, 5.74) is 0. The van der Waals surface area contributed by atoms with Crippen LogP contribution in [0.3, 0.4) is 0 Å². The van der Waals surface area contributed by atoms with Crippen molar-refractivity contribution in [3.8, 4) is 12.3 Å². The Hall–Kier alpha value is -1.01. The van der Waals surface area contributed by atoms with E-state index in [1.807, 2.05) is 6.92 Å². The van der Waals surface area contributed by atoms with E-state index in [0.717, 1.165) is 38.8 Å². The van der Waals surface area contributed by atoms with Gasteiger partial charge in [0.15, 0.2) is 0 Å². The number of rotatable bonds is 8. The van der Waals surface area contributed by atoms with Gasteiger partial charge in [-0.25, -0.2) is 0 Å². The van der Waals surface area contributed by atoms with Crippen molar-refractivity contribution in [3.05, 3.63) is 0 Å². The summed E-state index contributed by atoms with van der Waals surface area (Å²) in [7, 11) is 0. The van der Waals surface area contributed by atoms with Gasteiger partial charge in [0.05, 0.1) is 6.04 Å². The molecule has 0 aliphatic carbocycles. The summed E-state index contributed by atoms with van der Waals surface area (Å²) in [4.78, 5) is 11.5. The third-order valence-electron chi connectivity index (χ3n) is 2.17. The van der Waals surface area contributed by atoms with Crippen LogP contribution in [-0.2, 0) is 4.79 Å². The Labute approximate surface area is 93.0 Å². The highest BCUT2D eigenvalue weighted by atomic mass is 16.2. The second-order valence-corrected chi connectivity index (χ2v) is 3.63. The molecule has 0 aliphatic rings. The van der Waals surface area contributed by atoms with E-state index in [2.05, 4.69) is 23.5 Å². The largest absolute Gasteiger partial charge is 0.355 e. The summed E-state index contributed by atoms with van der Waals surface area (Å²) in [5.74, 6) is 2.65. The number of unbranched alkanes of at least 4 members (excludes halogenated alkanes) is 2. The first kappa shape index (κ1) is 14.0. The molecule has 0 aromatic carbocycles. The Morgan fingerprint density at radius 3 is 2.73 bits per heavy atom. The molecule has 0 rings (SSSR count). The molecule has 0 aromatic heterocycles. The van der Waals surface area contributed by atoms with Gasteiger partial charge in [0, 0.05) is 13.0 Å². The van der Waals surface area contributed by atoms with Gasteiger partial charge < -0.3 is 10.6 Å². The number of carbonyl (C=O) groups is 1. The monoisotopic (exact) mass is 210 g/mol. The van der Waals surface area contributed by atoms with Crippen molar-refractivity contribution in [1.82, 2.24) is 10.6 Å². The zero-order chi connectivity index (χ0) is 11.5. The molecule has 86 valence electrons. The Balaban J connectivity index is 3.47. The van der Waals surface area contributed by atoms with Crippen LogP contribution in [-0.4, -0.2) is 25.0 Å². The summed E-state index contributed by atoms with van der Waals surface area (Å²) in [6.07, 6.45) is 8.95. The van der Waals surface area contributed by atoms with Crippen molar-refractivity contribution < 1.29 is 4.79 Å². The molecule has 0 spiro atoms. The van der Waals surface area contributed by atoms with E-state index in [9.17, 15) is 4.79 Å². The second-order valence-electron chi connectivity index (χ2n) is 3.63. The molecule has 1 unspecified atom stereocenters. The van der Waals surface area contributed by atoms with Gasteiger partial charge >= 0.3 is 0 Å². The van der Waals surface area contributed by atoms with Crippen LogP contribution in [0.2, 0.25) is 0 Å². The molecule has 0 saturated heterocycles. The lowest BCUT2D eigenvalue weighted by atomic mass is 10.2. The number of terminal acetylenes is 1. The predicted molar refractivity (Wildman–Crippen MR) is 63.4 cm³/mol. The van der Waals surface area contributed by atoms with E-state index < -0.39 is 0 Å². The first-order chi connectivity index (χ1) is 7.22. The van der Waals surface area contributed by atoms with Gasteiger partial charge in [-0.1, -0.05) is 13.3 Å². The summed E-state index contributed by atoms with van der Waals surface area (Å²) in [5, 5.41) is 6.02. The maximum Gasteiger partial charge on any atom is 0.236 e. The van der Waals surface area contributed by atoms with Gasteiger partial charge in [-0.15, -0.1) is 12.3 Å². The fourth-order valence-electron chi connectivity index (χ4n) is 1.14. The Morgan fingerprint density at radius 2 is 2.13 bits per heavy atom. The van der Waals surface area contributed by atoms with Gasteiger partial charge in [-0.3, -0.25) is 4.79 Å². The van der Waals surface area contributed by atoms with Crippen molar-refractivity contribution >= 4 is 5.91 Å². The summed E-state index contributed by atoms with van der Waals surface area (Å²) < 4.78 is 0.